The molecule has 3 amide bonds. The van der Waals surface area contributed by atoms with Crippen molar-refractivity contribution >= 4 is 52.4 Å². The van der Waals surface area contributed by atoms with Crippen LogP contribution < -0.4 is 10.3 Å². The summed E-state index contributed by atoms with van der Waals surface area (Å²) >= 11 is 7.34. The molecule has 9 nitrogen and oxygen atoms in total. The number of aliphatic imine (C=N–C) groups is 1. The van der Waals surface area contributed by atoms with Gasteiger partial charge in [-0.05, 0) is 53.4 Å². The largest absolute Gasteiger partial charge is 0.416 e. The van der Waals surface area contributed by atoms with Gasteiger partial charge in [0, 0.05) is 10.6 Å². The van der Waals surface area contributed by atoms with Crippen molar-refractivity contribution in [3.05, 3.63) is 94.8 Å². The number of hydrazone groups is 1. The summed E-state index contributed by atoms with van der Waals surface area (Å²) in [5.41, 5.74) is 4.85. The van der Waals surface area contributed by atoms with Crippen LogP contribution in [0.3, 0.4) is 0 Å². The number of carbonyl (C=O) groups excluding carboxylic acids is 2. The fourth-order valence-electron chi connectivity index (χ4n) is 4.20. The molecule has 0 saturated carbocycles. The number of urea groups is 1. The maximum atomic E-state index is 12.8. The minimum absolute atomic E-state index is 0.113. The van der Waals surface area contributed by atoms with Gasteiger partial charge in [-0.25, -0.2) is 19.9 Å². The minimum atomic E-state index is -4.42. The first-order valence-corrected chi connectivity index (χ1v) is 14.2. The number of benzene rings is 3. The quantitative estimate of drug-likeness (QED) is 0.185. The normalized spacial score (nSPS) is 14.8. The van der Waals surface area contributed by atoms with E-state index in [9.17, 15) is 22.8 Å². The van der Waals surface area contributed by atoms with Gasteiger partial charge >= 0.3 is 12.2 Å². The third-order valence-corrected chi connectivity index (χ3v) is 7.47. The summed E-state index contributed by atoms with van der Waals surface area (Å²) in [6.07, 6.45) is -1.58. The van der Waals surface area contributed by atoms with Crippen LogP contribution in [-0.4, -0.2) is 43.8 Å². The first-order chi connectivity index (χ1) is 20.5. The van der Waals surface area contributed by atoms with E-state index < -0.39 is 17.8 Å². The van der Waals surface area contributed by atoms with Crippen LogP contribution in [0.5, 0.6) is 0 Å². The summed E-state index contributed by atoms with van der Waals surface area (Å²) in [4.78, 5) is 34.9. The first-order valence-electron chi connectivity index (χ1n) is 12.9. The number of amides is 3. The summed E-state index contributed by atoms with van der Waals surface area (Å²) < 4.78 is 39.9. The van der Waals surface area contributed by atoms with Crippen LogP contribution in [0.15, 0.2) is 83.2 Å². The lowest BCUT2D eigenvalue weighted by atomic mass is 10.0. The van der Waals surface area contributed by atoms with Gasteiger partial charge in [0.1, 0.15) is 6.33 Å². The molecule has 14 heteroatoms. The Hall–Kier alpha value is -4.49. The third kappa shape index (κ3) is 6.95. The van der Waals surface area contributed by atoms with Crippen LogP contribution in [0.1, 0.15) is 36.5 Å². The van der Waals surface area contributed by atoms with Crippen molar-refractivity contribution in [3.63, 3.8) is 0 Å². The zero-order valence-electron chi connectivity index (χ0n) is 22.7. The average Bonchev–Trinajstić information content (AvgIpc) is 3.60. The van der Waals surface area contributed by atoms with E-state index in [2.05, 4.69) is 25.6 Å². The van der Waals surface area contributed by atoms with Gasteiger partial charge in [0.2, 0.25) is 5.91 Å². The highest BCUT2D eigenvalue weighted by atomic mass is 35.5. The molecule has 5 rings (SSSR count). The predicted octanol–water partition coefficient (Wildman–Crippen LogP) is 6.91. The molecule has 0 radical (unpaired) electrons. The standard InChI is InChI=1S/C29H23ClF3N7O2S/c1-17(2)23-12-9-21(30)13-24(23)40-25(41)15-43-28(40)36-27(42)37-35-14-18-3-5-19(6-4-18)26-34-16-39(38-26)22-10-7-20(8-11-22)29(31,32)33/h3-14,16-17H,15H2,1-2H3,(H,37,42)/b35-14+,36-28?. The molecule has 1 aliphatic heterocycles. The summed E-state index contributed by atoms with van der Waals surface area (Å²) in [5, 5.41) is 8.99. The molecule has 43 heavy (non-hydrogen) atoms. The number of hydrogen-bond acceptors (Lipinski definition) is 6. The number of amidine groups is 1. The number of carbonyl (C=O) groups is 2. The van der Waals surface area contributed by atoms with Gasteiger partial charge in [-0.15, -0.1) is 5.10 Å². The molecule has 0 bridgehead atoms. The van der Waals surface area contributed by atoms with Crippen molar-refractivity contribution in [1.29, 1.82) is 0 Å². The Labute approximate surface area is 253 Å². The van der Waals surface area contributed by atoms with Gasteiger partial charge in [-0.2, -0.15) is 23.3 Å². The Balaban J connectivity index is 1.23. The Kier molecular flexibility index (Phi) is 8.64. The third-order valence-electron chi connectivity index (χ3n) is 6.31. The maximum Gasteiger partial charge on any atom is 0.416 e. The zero-order chi connectivity index (χ0) is 30.7. The van der Waals surface area contributed by atoms with Gasteiger partial charge in [-0.1, -0.05) is 67.5 Å². The molecule has 3 aromatic carbocycles. The molecule has 0 unspecified atom stereocenters. The lowest BCUT2D eigenvalue weighted by molar-refractivity contribution is -0.137. The Bertz CT molecular complexity index is 1720. The molecule has 1 N–H and O–H groups in total. The smallest absolute Gasteiger partial charge is 0.273 e. The van der Waals surface area contributed by atoms with Gasteiger partial charge in [0.05, 0.1) is 28.9 Å². The Morgan fingerprint density at radius 2 is 1.81 bits per heavy atom. The molecule has 1 aliphatic rings. The Morgan fingerprint density at radius 1 is 1.09 bits per heavy atom. The van der Waals surface area contributed by atoms with Gasteiger partial charge in [0.25, 0.3) is 0 Å². The predicted molar refractivity (Wildman–Crippen MR) is 161 cm³/mol. The number of halogens is 4. The lowest BCUT2D eigenvalue weighted by Gasteiger charge is -2.21. The summed E-state index contributed by atoms with van der Waals surface area (Å²) in [6.45, 7) is 4.00. The number of hydrogen-bond donors (Lipinski definition) is 1. The molecular formula is C29H23ClF3N7O2S. The van der Waals surface area contributed by atoms with E-state index in [4.69, 9.17) is 11.6 Å². The monoisotopic (exact) mass is 625 g/mol. The van der Waals surface area contributed by atoms with E-state index in [0.717, 1.165) is 29.5 Å². The number of aromatic nitrogens is 3. The van der Waals surface area contributed by atoms with E-state index in [0.29, 0.717) is 33.3 Å². The minimum Gasteiger partial charge on any atom is -0.273 e. The van der Waals surface area contributed by atoms with E-state index in [1.54, 1.807) is 36.4 Å². The van der Waals surface area contributed by atoms with Crippen LogP contribution in [0.25, 0.3) is 17.1 Å². The molecule has 1 aromatic heterocycles. The molecular weight excluding hydrogens is 603 g/mol. The second kappa shape index (κ2) is 12.4. The number of nitrogens with zero attached hydrogens (tertiary/aromatic N) is 6. The highest BCUT2D eigenvalue weighted by molar-refractivity contribution is 8.15. The van der Waals surface area contributed by atoms with Crippen LogP contribution >= 0.6 is 23.4 Å². The van der Waals surface area contributed by atoms with Gasteiger partial charge < -0.3 is 0 Å². The van der Waals surface area contributed by atoms with E-state index in [1.165, 1.54) is 34.3 Å². The fraction of sp³-hybridized carbons (Fsp3) is 0.172. The summed E-state index contributed by atoms with van der Waals surface area (Å²) in [6, 6.07) is 16.1. The topological polar surface area (TPSA) is 105 Å². The molecule has 0 aliphatic carbocycles. The van der Waals surface area contributed by atoms with Crippen LogP contribution in [0, 0.1) is 0 Å². The lowest BCUT2D eigenvalue weighted by Crippen LogP contribution is -2.31. The molecule has 1 saturated heterocycles. The second-order valence-electron chi connectivity index (χ2n) is 9.62. The molecule has 220 valence electrons. The van der Waals surface area contributed by atoms with Crippen LogP contribution in [-0.2, 0) is 11.0 Å². The van der Waals surface area contributed by atoms with Crippen molar-refractivity contribution in [2.45, 2.75) is 25.9 Å². The highest BCUT2D eigenvalue weighted by Crippen LogP contribution is 2.35. The second-order valence-corrected chi connectivity index (χ2v) is 11.0. The summed E-state index contributed by atoms with van der Waals surface area (Å²) in [7, 11) is 0. The first kappa shape index (κ1) is 30.0. The SMILES string of the molecule is CC(C)c1ccc(Cl)cc1N1C(=O)CSC1=NC(=O)N/N=C/c1ccc(-c2ncn(-c3ccc(C(F)(F)F)cc3)n2)cc1. The van der Waals surface area contributed by atoms with Crippen LogP contribution in [0.2, 0.25) is 5.02 Å². The summed E-state index contributed by atoms with van der Waals surface area (Å²) in [5.74, 6) is 0.426. The number of rotatable bonds is 6. The van der Waals surface area contributed by atoms with Crippen molar-refractivity contribution in [2.75, 3.05) is 10.7 Å². The molecule has 1 fully saturated rings. The van der Waals surface area contributed by atoms with Crippen molar-refractivity contribution in [3.8, 4) is 17.1 Å². The van der Waals surface area contributed by atoms with Crippen molar-refractivity contribution < 1.29 is 22.8 Å². The zero-order valence-corrected chi connectivity index (χ0v) is 24.3. The van der Waals surface area contributed by atoms with Crippen molar-refractivity contribution in [1.82, 2.24) is 20.2 Å². The molecule has 2 heterocycles. The maximum absolute atomic E-state index is 12.8. The van der Waals surface area contributed by atoms with Crippen molar-refractivity contribution in [2.24, 2.45) is 10.1 Å². The van der Waals surface area contributed by atoms with E-state index >= 15 is 0 Å². The Morgan fingerprint density at radius 3 is 2.49 bits per heavy atom. The van der Waals surface area contributed by atoms with E-state index in [1.807, 2.05) is 19.9 Å². The fourth-order valence-corrected chi connectivity index (χ4v) is 5.22. The highest BCUT2D eigenvalue weighted by Gasteiger charge is 2.33. The van der Waals surface area contributed by atoms with E-state index in [-0.39, 0.29) is 22.7 Å². The number of alkyl halides is 3. The molecule has 0 spiro atoms. The molecule has 4 aromatic rings. The van der Waals surface area contributed by atoms with Gasteiger partial charge in [0.15, 0.2) is 11.0 Å². The molecule has 0 atom stereocenters. The average molecular weight is 626 g/mol. The number of nitrogens with one attached hydrogen (secondary N) is 1. The van der Waals surface area contributed by atoms with Gasteiger partial charge in [-0.3, -0.25) is 9.69 Å². The van der Waals surface area contributed by atoms with Crippen LogP contribution in [0.4, 0.5) is 23.7 Å². The number of thioether (sulfide) groups is 1. The number of anilines is 1.